The van der Waals surface area contributed by atoms with E-state index in [0.29, 0.717) is 28.8 Å². The van der Waals surface area contributed by atoms with Gasteiger partial charge >= 0.3 is 0 Å². The van der Waals surface area contributed by atoms with Crippen LogP contribution in [0.5, 0.6) is 0 Å². The summed E-state index contributed by atoms with van der Waals surface area (Å²) in [5.74, 6) is 0.714. The lowest BCUT2D eigenvalue weighted by atomic mass is 9.98. The van der Waals surface area contributed by atoms with Crippen LogP contribution in [0, 0.1) is 17.0 Å². The number of pyridine rings is 1. The summed E-state index contributed by atoms with van der Waals surface area (Å²) in [5, 5.41) is 21.0. The summed E-state index contributed by atoms with van der Waals surface area (Å²) in [4.78, 5) is 16.8. The largest absolute Gasteiger partial charge is 0.390 e. The summed E-state index contributed by atoms with van der Waals surface area (Å²) >= 11 is 3.42. The Morgan fingerprint density at radius 1 is 1.50 bits per heavy atom. The molecule has 0 amide bonds. The van der Waals surface area contributed by atoms with E-state index in [1.54, 1.807) is 6.92 Å². The Morgan fingerprint density at radius 3 is 2.85 bits per heavy atom. The van der Waals surface area contributed by atoms with E-state index in [9.17, 15) is 15.2 Å². The van der Waals surface area contributed by atoms with Crippen LogP contribution in [0.2, 0.25) is 0 Å². The molecular weight excluding hydrogens is 326 g/mol. The number of aliphatic hydroxyl groups is 1. The van der Waals surface area contributed by atoms with Gasteiger partial charge < -0.3 is 10.0 Å². The second-order valence-corrected chi connectivity index (χ2v) is 6.29. The van der Waals surface area contributed by atoms with Crippen LogP contribution >= 0.6 is 15.9 Å². The molecule has 20 heavy (non-hydrogen) atoms. The zero-order chi connectivity index (χ0) is 14.9. The minimum absolute atomic E-state index is 0.0162. The number of rotatable bonds is 2. The van der Waals surface area contributed by atoms with Gasteiger partial charge in [-0.25, -0.2) is 4.98 Å². The summed E-state index contributed by atoms with van der Waals surface area (Å²) in [6, 6.07) is 0. The van der Waals surface area contributed by atoms with Gasteiger partial charge in [0.25, 0.3) is 5.69 Å². The van der Waals surface area contributed by atoms with Crippen molar-refractivity contribution in [2.24, 2.45) is 0 Å². The van der Waals surface area contributed by atoms with Gasteiger partial charge in [-0.1, -0.05) is 0 Å². The number of hydrogen-bond acceptors (Lipinski definition) is 5. The van der Waals surface area contributed by atoms with E-state index in [1.807, 2.05) is 6.92 Å². The maximum atomic E-state index is 10.9. The summed E-state index contributed by atoms with van der Waals surface area (Å²) < 4.78 is 0.660. The molecule has 1 fully saturated rings. The lowest BCUT2D eigenvalue weighted by Crippen LogP contribution is -2.29. The highest BCUT2D eigenvalue weighted by atomic mass is 79.9. The van der Waals surface area contributed by atoms with Crippen molar-refractivity contribution >= 4 is 27.4 Å². The predicted octanol–water partition coefficient (Wildman–Crippen LogP) is 2.80. The zero-order valence-corrected chi connectivity index (χ0v) is 13.2. The van der Waals surface area contributed by atoms with E-state index in [-0.39, 0.29) is 5.69 Å². The van der Waals surface area contributed by atoms with Crippen LogP contribution in [0.25, 0.3) is 0 Å². The van der Waals surface area contributed by atoms with Crippen molar-refractivity contribution in [2.45, 2.75) is 38.7 Å². The van der Waals surface area contributed by atoms with Gasteiger partial charge in [-0.3, -0.25) is 10.1 Å². The van der Waals surface area contributed by atoms with Crippen molar-refractivity contribution in [3.05, 3.63) is 26.3 Å². The number of nitro groups is 1. The number of nitrogens with zero attached hydrogens (tertiary/aromatic N) is 3. The molecule has 1 aromatic rings. The Hall–Kier alpha value is -1.21. The first-order valence-corrected chi connectivity index (χ1v) is 7.38. The molecule has 1 N–H and O–H groups in total. The summed E-state index contributed by atoms with van der Waals surface area (Å²) in [6.45, 7) is 5.04. The number of hydrogen-bond donors (Lipinski definition) is 1. The molecule has 1 aliphatic rings. The van der Waals surface area contributed by atoms with Gasteiger partial charge in [0.2, 0.25) is 0 Å². The molecule has 1 atom stereocenters. The molecule has 0 aromatic carbocycles. The standard InChI is InChI=1S/C13H18BrN3O3/c1-9-10(17(19)20)8-15-12(11(9)14)16-6-3-4-13(2,18)5-7-16/h8,18H,3-7H2,1-2H3. The van der Waals surface area contributed by atoms with Gasteiger partial charge in [0, 0.05) is 18.7 Å². The highest BCUT2D eigenvalue weighted by molar-refractivity contribution is 9.10. The van der Waals surface area contributed by atoms with Gasteiger partial charge in [0.1, 0.15) is 12.0 Å². The molecule has 6 nitrogen and oxygen atoms in total. The van der Waals surface area contributed by atoms with Crippen LogP contribution in [0.4, 0.5) is 11.5 Å². The molecule has 0 spiro atoms. The van der Waals surface area contributed by atoms with Crippen LogP contribution < -0.4 is 4.90 Å². The third-order valence-electron chi connectivity index (χ3n) is 3.78. The average molecular weight is 344 g/mol. The van der Waals surface area contributed by atoms with E-state index < -0.39 is 10.5 Å². The van der Waals surface area contributed by atoms with E-state index in [1.165, 1.54) is 6.20 Å². The van der Waals surface area contributed by atoms with Crippen LogP contribution in [0.15, 0.2) is 10.7 Å². The lowest BCUT2D eigenvalue weighted by molar-refractivity contribution is -0.385. The molecule has 2 heterocycles. The second kappa shape index (κ2) is 5.65. The normalized spacial score (nSPS) is 23.5. The van der Waals surface area contributed by atoms with Gasteiger partial charge in [-0.2, -0.15) is 0 Å². The molecule has 0 saturated carbocycles. The fraction of sp³-hybridized carbons (Fsp3) is 0.615. The summed E-state index contributed by atoms with van der Waals surface area (Å²) in [7, 11) is 0. The van der Waals surface area contributed by atoms with E-state index in [0.717, 1.165) is 19.4 Å². The van der Waals surface area contributed by atoms with Crippen LogP contribution in [-0.2, 0) is 0 Å². The summed E-state index contributed by atoms with van der Waals surface area (Å²) in [5.41, 5.74) is -0.0460. The van der Waals surface area contributed by atoms with Crippen molar-refractivity contribution in [3.8, 4) is 0 Å². The van der Waals surface area contributed by atoms with E-state index >= 15 is 0 Å². The second-order valence-electron chi connectivity index (χ2n) is 5.50. The maximum absolute atomic E-state index is 10.9. The Labute approximate surface area is 126 Å². The highest BCUT2D eigenvalue weighted by Gasteiger charge is 2.27. The highest BCUT2D eigenvalue weighted by Crippen LogP contribution is 2.34. The maximum Gasteiger partial charge on any atom is 0.291 e. The van der Waals surface area contributed by atoms with Gasteiger partial charge in [-0.05, 0) is 49.0 Å². The van der Waals surface area contributed by atoms with Crippen molar-refractivity contribution in [1.82, 2.24) is 4.98 Å². The molecule has 0 radical (unpaired) electrons. The molecule has 1 saturated heterocycles. The molecule has 7 heteroatoms. The molecule has 0 bridgehead atoms. The van der Waals surface area contributed by atoms with Gasteiger partial charge in [0.15, 0.2) is 0 Å². The molecule has 1 aromatic heterocycles. The lowest BCUT2D eigenvalue weighted by Gasteiger charge is -2.24. The molecule has 1 aliphatic heterocycles. The molecule has 1 unspecified atom stereocenters. The first-order valence-electron chi connectivity index (χ1n) is 6.58. The minimum Gasteiger partial charge on any atom is -0.390 e. The van der Waals surface area contributed by atoms with Gasteiger partial charge in [0.05, 0.1) is 15.0 Å². The Bertz CT molecular complexity index is 534. The molecule has 0 aliphatic carbocycles. The Kier molecular flexibility index (Phi) is 4.29. The average Bonchev–Trinajstić information content (AvgIpc) is 2.53. The van der Waals surface area contributed by atoms with Crippen LogP contribution in [0.3, 0.4) is 0 Å². The fourth-order valence-electron chi connectivity index (χ4n) is 2.44. The Morgan fingerprint density at radius 2 is 2.20 bits per heavy atom. The van der Waals surface area contributed by atoms with E-state index in [4.69, 9.17) is 0 Å². The van der Waals surface area contributed by atoms with Gasteiger partial charge in [-0.15, -0.1) is 0 Å². The van der Waals surface area contributed by atoms with Crippen LogP contribution in [-0.4, -0.2) is 33.7 Å². The first-order chi connectivity index (χ1) is 9.32. The van der Waals surface area contributed by atoms with Crippen molar-refractivity contribution in [1.29, 1.82) is 0 Å². The predicted molar refractivity (Wildman–Crippen MR) is 80.0 cm³/mol. The smallest absolute Gasteiger partial charge is 0.291 e. The Balaban J connectivity index is 2.29. The van der Waals surface area contributed by atoms with Crippen molar-refractivity contribution in [2.75, 3.05) is 18.0 Å². The topological polar surface area (TPSA) is 79.5 Å². The third kappa shape index (κ3) is 3.09. The molecule has 110 valence electrons. The quantitative estimate of drug-likeness (QED) is 0.659. The van der Waals surface area contributed by atoms with E-state index in [2.05, 4.69) is 25.8 Å². The summed E-state index contributed by atoms with van der Waals surface area (Å²) in [6.07, 6.45) is 3.60. The van der Waals surface area contributed by atoms with Crippen LogP contribution in [0.1, 0.15) is 31.7 Å². The zero-order valence-electron chi connectivity index (χ0n) is 11.6. The first kappa shape index (κ1) is 15.2. The SMILES string of the molecule is Cc1c([N+](=O)[O-])cnc(N2CCCC(C)(O)CC2)c1Br. The molecule has 2 rings (SSSR count). The minimum atomic E-state index is -0.642. The number of anilines is 1. The van der Waals surface area contributed by atoms with Crippen molar-refractivity contribution in [3.63, 3.8) is 0 Å². The fourth-order valence-corrected chi connectivity index (χ4v) is 2.99. The number of aromatic nitrogens is 1. The monoisotopic (exact) mass is 343 g/mol. The third-order valence-corrected chi connectivity index (χ3v) is 4.73. The number of halogens is 1. The van der Waals surface area contributed by atoms with Crippen molar-refractivity contribution < 1.29 is 10.0 Å². The molecular formula is C13H18BrN3O3.